The van der Waals surface area contributed by atoms with Crippen LogP contribution in [0.3, 0.4) is 0 Å². The molecule has 0 unspecified atom stereocenters. The van der Waals surface area contributed by atoms with Crippen molar-refractivity contribution in [2.24, 2.45) is 0 Å². The summed E-state index contributed by atoms with van der Waals surface area (Å²) in [6.45, 7) is 7.15. The van der Waals surface area contributed by atoms with Crippen molar-refractivity contribution in [1.82, 2.24) is 4.98 Å². The van der Waals surface area contributed by atoms with Gasteiger partial charge in [0.25, 0.3) is 0 Å². The second kappa shape index (κ2) is 2.82. The van der Waals surface area contributed by atoms with Gasteiger partial charge in [-0.15, -0.1) is 0 Å². The highest BCUT2D eigenvalue weighted by Gasteiger charge is 2.02. The number of nitrogens with zero attached hydrogens (tertiary/aromatic N) is 1. The first-order chi connectivity index (χ1) is 5.11. The first kappa shape index (κ1) is 7.92. The smallest absolute Gasteiger partial charge is 0.149 e. The van der Waals surface area contributed by atoms with Crippen LogP contribution in [0.15, 0.2) is 18.8 Å². The Morgan fingerprint density at radius 3 is 2.73 bits per heavy atom. The van der Waals surface area contributed by atoms with Crippen molar-refractivity contribution in [2.45, 2.75) is 13.8 Å². The molecular weight excluding hydrogens is 141 g/mol. The van der Waals surface area contributed by atoms with E-state index in [4.69, 9.17) is 0 Å². The van der Waals surface area contributed by atoms with Crippen molar-refractivity contribution in [3.05, 3.63) is 35.9 Å². The third kappa shape index (κ3) is 1.64. The highest BCUT2D eigenvalue weighted by molar-refractivity contribution is 5.58. The molecule has 0 radical (unpaired) electrons. The number of hydrogen-bond acceptors (Lipinski definition) is 1. The number of aromatic nitrogens is 1. The van der Waals surface area contributed by atoms with Crippen LogP contribution in [0.1, 0.15) is 18.2 Å². The third-order valence-electron chi connectivity index (χ3n) is 1.38. The van der Waals surface area contributed by atoms with Crippen LogP contribution < -0.4 is 0 Å². The number of rotatable bonds is 1. The molecule has 0 N–H and O–H groups in total. The lowest BCUT2D eigenvalue weighted by molar-refractivity contribution is 0.615. The van der Waals surface area contributed by atoms with Crippen molar-refractivity contribution in [1.29, 1.82) is 0 Å². The van der Waals surface area contributed by atoms with Gasteiger partial charge in [-0.2, -0.15) is 0 Å². The minimum atomic E-state index is -0.294. The van der Waals surface area contributed by atoms with Gasteiger partial charge < -0.3 is 0 Å². The van der Waals surface area contributed by atoms with Crippen LogP contribution in [0.4, 0.5) is 4.39 Å². The summed E-state index contributed by atoms with van der Waals surface area (Å²) in [4.78, 5) is 3.90. The molecule has 0 aliphatic carbocycles. The normalized spacial score (nSPS) is 9.73. The van der Waals surface area contributed by atoms with Crippen LogP contribution in [0, 0.1) is 12.7 Å². The zero-order valence-corrected chi connectivity index (χ0v) is 6.69. The first-order valence-corrected chi connectivity index (χ1v) is 3.39. The molecule has 1 rings (SSSR count). The molecule has 1 aromatic rings. The molecule has 0 spiro atoms. The molecule has 2 heteroatoms. The van der Waals surface area contributed by atoms with Gasteiger partial charge in [-0.3, -0.25) is 4.98 Å². The van der Waals surface area contributed by atoms with Gasteiger partial charge in [0.1, 0.15) is 11.5 Å². The SMILES string of the molecule is C=C(C)c1ncc(C)cc1F. The van der Waals surface area contributed by atoms with Crippen LogP contribution in [0.2, 0.25) is 0 Å². The molecule has 0 saturated carbocycles. The molecule has 0 aliphatic heterocycles. The molecule has 1 heterocycles. The van der Waals surface area contributed by atoms with E-state index in [0.29, 0.717) is 11.3 Å². The minimum Gasteiger partial charge on any atom is -0.253 e. The second-order valence-corrected chi connectivity index (χ2v) is 2.62. The largest absolute Gasteiger partial charge is 0.253 e. The van der Waals surface area contributed by atoms with E-state index in [0.717, 1.165) is 5.56 Å². The summed E-state index contributed by atoms with van der Waals surface area (Å²) >= 11 is 0. The average Bonchev–Trinajstić information content (AvgIpc) is 1.85. The molecular formula is C9H10FN. The summed E-state index contributed by atoms with van der Waals surface area (Å²) in [5.74, 6) is -0.294. The number of aryl methyl sites for hydroxylation is 1. The highest BCUT2D eigenvalue weighted by atomic mass is 19.1. The molecule has 0 saturated heterocycles. The minimum absolute atomic E-state index is 0.294. The fourth-order valence-electron chi connectivity index (χ4n) is 0.848. The Kier molecular flexibility index (Phi) is 2.03. The summed E-state index contributed by atoms with van der Waals surface area (Å²) in [7, 11) is 0. The zero-order chi connectivity index (χ0) is 8.43. The summed E-state index contributed by atoms with van der Waals surface area (Å²) in [6.07, 6.45) is 1.63. The van der Waals surface area contributed by atoms with Crippen LogP contribution in [0.25, 0.3) is 5.57 Å². The maximum absolute atomic E-state index is 13.0. The molecule has 0 atom stereocenters. The van der Waals surface area contributed by atoms with Gasteiger partial charge in [0.2, 0.25) is 0 Å². The predicted octanol–water partition coefficient (Wildman–Crippen LogP) is 2.56. The molecule has 0 bridgehead atoms. The number of hydrogen-bond donors (Lipinski definition) is 0. The van der Waals surface area contributed by atoms with Crippen molar-refractivity contribution < 1.29 is 4.39 Å². The molecule has 1 aromatic heterocycles. The first-order valence-electron chi connectivity index (χ1n) is 3.39. The average molecular weight is 151 g/mol. The predicted molar refractivity (Wildman–Crippen MR) is 43.6 cm³/mol. The van der Waals surface area contributed by atoms with Gasteiger partial charge in [-0.05, 0) is 31.1 Å². The molecule has 0 amide bonds. The second-order valence-electron chi connectivity index (χ2n) is 2.62. The Labute approximate surface area is 65.6 Å². The maximum atomic E-state index is 13.0. The van der Waals surface area contributed by atoms with Crippen molar-refractivity contribution in [2.75, 3.05) is 0 Å². The zero-order valence-electron chi connectivity index (χ0n) is 6.69. The Bertz CT molecular complexity index is 292. The van der Waals surface area contributed by atoms with E-state index >= 15 is 0 Å². The number of pyridine rings is 1. The lowest BCUT2D eigenvalue weighted by atomic mass is 10.2. The van der Waals surface area contributed by atoms with Gasteiger partial charge >= 0.3 is 0 Å². The van der Waals surface area contributed by atoms with E-state index in [9.17, 15) is 4.39 Å². The highest BCUT2D eigenvalue weighted by Crippen LogP contribution is 2.13. The number of allylic oxidation sites excluding steroid dienone is 1. The van der Waals surface area contributed by atoms with Gasteiger partial charge in [0.05, 0.1) is 0 Å². The molecule has 0 aliphatic rings. The van der Waals surface area contributed by atoms with Crippen LogP contribution in [-0.4, -0.2) is 4.98 Å². The lowest BCUT2D eigenvalue weighted by Gasteiger charge is -2.00. The molecule has 0 fully saturated rings. The van der Waals surface area contributed by atoms with Gasteiger partial charge in [-0.25, -0.2) is 4.39 Å². The van der Waals surface area contributed by atoms with Crippen molar-refractivity contribution in [3.8, 4) is 0 Å². The monoisotopic (exact) mass is 151 g/mol. The Morgan fingerprint density at radius 2 is 2.27 bits per heavy atom. The van der Waals surface area contributed by atoms with Crippen molar-refractivity contribution in [3.63, 3.8) is 0 Å². The fraction of sp³-hybridized carbons (Fsp3) is 0.222. The van der Waals surface area contributed by atoms with E-state index in [2.05, 4.69) is 11.6 Å². The summed E-state index contributed by atoms with van der Waals surface area (Å²) in [6, 6.07) is 1.46. The Morgan fingerprint density at radius 1 is 1.64 bits per heavy atom. The molecule has 0 aromatic carbocycles. The number of halogens is 1. The Balaban J connectivity index is 3.20. The maximum Gasteiger partial charge on any atom is 0.149 e. The van der Waals surface area contributed by atoms with Gasteiger partial charge in [-0.1, -0.05) is 6.58 Å². The van der Waals surface area contributed by atoms with Crippen LogP contribution in [-0.2, 0) is 0 Å². The molecule has 1 nitrogen and oxygen atoms in total. The third-order valence-corrected chi connectivity index (χ3v) is 1.38. The standard InChI is InChI=1S/C9H10FN/c1-6(2)9-8(10)4-7(3)5-11-9/h4-5H,1H2,2-3H3. The lowest BCUT2D eigenvalue weighted by Crippen LogP contribution is -1.91. The van der Waals surface area contributed by atoms with E-state index in [1.165, 1.54) is 6.07 Å². The fourth-order valence-corrected chi connectivity index (χ4v) is 0.848. The van der Waals surface area contributed by atoms with E-state index < -0.39 is 0 Å². The Hall–Kier alpha value is -1.18. The molecule has 11 heavy (non-hydrogen) atoms. The van der Waals surface area contributed by atoms with Gasteiger partial charge in [0.15, 0.2) is 0 Å². The quantitative estimate of drug-likeness (QED) is 0.601. The van der Waals surface area contributed by atoms with Crippen molar-refractivity contribution >= 4 is 5.57 Å². The van der Waals surface area contributed by atoms with Gasteiger partial charge in [0, 0.05) is 6.20 Å². The van der Waals surface area contributed by atoms with E-state index in [1.54, 1.807) is 20.0 Å². The van der Waals surface area contributed by atoms with E-state index in [-0.39, 0.29) is 5.82 Å². The summed E-state index contributed by atoms with van der Waals surface area (Å²) in [5.41, 5.74) is 1.84. The van der Waals surface area contributed by atoms with Crippen LogP contribution in [0.5, 0.6) is 0 Å². The summed E-state index contributed by atoms with van der Waals surface area (Å²) < 4.78 is 13.0. The van der Waals surface area contributed by atoms with Crippen LogP contribution >= 0.6 is 0 Å². The molecule has 58 valence electrons. The topological polar surface area (TPSA) is 12.9 Å². The van der Waals surface area contributed by atoms with E-state index in [1.807, 2.05) is 0 Å². The summed E-state index contributed by atoms with van der Waals surface area (Å²) in [5, 5.41) is 0.